The summed E-state index contributed by atoms with van der Waals surface area (Å²) in [6, 6.07) is 0. The summed E-state index contributed by atoms with van der Waals surface area (Å²) >= 11 is 0. The first-order chi connectivity index (χ1) is 4.16. The fourth-order valence-electron chi connectivity index (χ4n) is 0.222. The van der Waals surface area contributed by atoms with E-state index in [0.29, 0.717) is 0 Å². The van der Waals surface area contributed by atoms with Crippen LogP contribution < -0.4 is 0 Å². The van der Waals surface area contributed by atoms with E-state index in [2.05, 4.69) is 10.7 Å². The Morgan fingerprint density at radius 2 is 2.33 bits per heavy atom. The van der Waals surface area contributed by atoms with Crippen LogP contribution in [0.15, 0.2) is 0 Å². The van der Waals surface area contributed by atoms with Crippen LogP contribution in [0.25, 0.3) is 0 Å². The molecule has 0 fully saturated rings. The molecule has 0 unspecified atom stereocenters. The van der Waals surface area contributed by atoms with Gasteiger partial charge in [-0.15, -0.1) is 0 Å². The van der Waals surface area contributed by atoms with E-state index in [1.165, 1.54) is 7.11 Å². The van der Waals surface area contributed by atoms with Gasteiger partial charge < -0.3 is 9.84 Å². The fourth-order valence-corrected chi connectivity index (χ4v) is 0.222. The quantitative estimate of drug-likeness (QED) is 0.510. The van der Waals surface area contributed by atoms with Crippen LogP contribution in [0.2, 0.25) is 0 Å². The molecule has 0 aromatic carbocycles. The molecule has 0 spiro atoms. The maximum atomic E-state index is 9.79. The second-order valence-corrected chi connectivity index (χ2v) is 1.45. The summed E-state index contributed by atoms with van der Waals surface area (Å²) in [7, 11) is 1.47. The second kappa shape index (κ2) is 3.93. The Bertz CT molecular complexity index is 151. The van der Waals surface area contributed by atoms with Crippen molar-refractivity contribution in [3.63, 3.8) is 0 Å². The second-order valence-electron chi connectivity index (χ2n) is 1.45. The van der Waals surface area contributed by atoms with E-state index in [-0.39, 0.29) is 6.10 Å². The van der Waals surface area contributed by atoms with Crippen molar-refractivity contribution in [3.8, 4) is 11.8 Å². The monoisotopic (exact) mass is 128 g/mol. The first-order valence-electron chi connectivity index (χ1n) is 2.44. The third-order valence-corrected chi connectivity index (χ3v) is 0.736. The normalized spacial score (nSPS) is 11.3. The Balaban J connectivity index is 3.72. The van der Waals surface area contributed by atoms with Gasteiger partial charge in [0.2, 0.25) is 0 Å². The summed E-state index contributed by atoms with van der Waals surface area (Å²) in [5.41, 5.74) is 0. The molecule has 0 saturated carbocycles. The van der Waals surface area contributed by atoms with E-state index in [1.54, 1.807) is 6.92 Å². The van der Waals surface area contributed by atoms with Gasteiger partial charge in [0.25, 0.3) is 0 Å². The van der Waals surface area contributed by atoms with Crippen LogP contribution in [-0.2, 0) is 9.53 Å². The van der Waals surface area contributed by atoms with Gasteiger partial charge in [0.1, 0.15) is 6.10 Å². The first-order valence-corrected chi connectivity index (χ1v) is 2.44. The van der Waals surface area contributed by atoms with E-state index < -0.39 is 5.97 Å². The third-order valence-electron chi connectivity index (χ3n) is 0.736. The maximum Gasteiger partial charge on any atom is 0.381 e. The minimum absolute atomic E-state index is 0.305. The van der Waals surface area contributed by atoms with Crippen LogP contribution in [0.3, 0.4) is 0 Å². The molecule has 0 rings (SSSR count). The Morgan fingerprint density at radius 3 is 2.67 bits per heavy atom. The van der Waals surface area contributed by atoms with E-state index in [1.807, 2.05) is 5.92 Å². The third kappa shape index (κ3) is 4.85. The fraction of sp³-hybridized carbons (Fsp3) is 0.500. The molecule has 50 valence electrons. The average Bonchev–Trinajstić information content (AvgIpc) is 1.83. The molecule has 0 aliphatic carbocycles. The van der Waals surface area contributed by atoms with Crippen molar-refractivity contribution in [2.24, 2.45) is 0 Å². The summed E-state index contributed by atoms with van der Waals surface area (Å²) in [5, 5.41) is 8.03. The Labute approximate surface area is 53.6 Å². The van der Waals surface area contributed by atoms with E-state index in [0.717, 1.165) is 0 Å². The molecule has 0 radical (unpaired) electrons. The van der Waals surface area contributed by atoms with Crippen LogP contribution in [0.5, 0.6) is 0 Å². The molecule has 0 aliphatic heterocycles. The molecule has 1 N–H and O–H groups in total. The van der Waals surface area contributed by atoms with Gasteiger partial charge in [-0.2, -0.15) is 0 Å². The minimum atomic E-state index is -1.13. The van der Waals surface area contributed by atoms with Gasteiger partial charge >= 0.3 is 5.97 Å². The molecular weight excluding hydrogens is 120 g/mol. The van der Waals surface area contributed by atoms with E-state index in [9.17, 15) is 4.79 Å². The molecule has 0 aromatic heterocycles. The average molecular weight is 128 g/mol. The lowest BCUT2D eigenvalue weighted by molar-refractivity contribution is -0.130. The Kier molecular flexibility index (Phi) is 3.49. The highest BCUT2D eigenvalue weighted by Crippen LogP contribution is 1.81. The van der Waals surface area contributed by atoms with Crippen LogP contribution >= 0.6 is 0 Å². The highest BCUT2D eigenvalue weighted by atomic mass is 16.5. The Morgan fingerprint density at radius 1 is 1.78 bits per heavy atom. The number of rotatable bonds is 1. The predicted molar refractivity (Wildman–Crippen MR) is 31.9 cm³/mol. The van der Waals surface area contributed by atoms with Crippen molar-refractivity contribution >= 4 is 5.97 Å². The van der Waals surface area contributed by atoms with Gasteiger partial charge in [0, 0.05) is 13.0 Å². The molecule has 1 atom stereocenters. The molecule has 0 aromatic rings. The van der Waals surface area contributed by atoms with Gasteiger partial charge in [-0.3, -0.25) is 0 Å². The van der Waals surface area contributed by atoms with Crippen LogP contribution in [0.4, 0.5) is 0 Å². The number of ether oxygens (including phenoxy) is 1. The summed E-state index contributed by atoms with van der Waals surface area (Å²) in [6.45, 7) is 1.68. The van der Waals surface area contributed by atoms with Crippen molar-refractivity contribution in [1.29, 1.82) is 0 Å². The topological polar surface area (TPSA) is 46.5 Å². The predicted octanol–water partition coefficient (Wildman–Crippen LogP) is 0.109. The standard InChI is InChI=1S/C6H8O3/c1-5(9-2)3-4-6(7)8/h5H,1-2H3,(H,7,8)/t5-/m1/s1. The zero-order valence-corrected chi connectivity index (χ0v) is 5.34. The largest absolute Gasteiger partial charge is 0.472 e. The molecular formula is C6H8O3. The number of carboxylic acids is 1. The number of hydrogen-bond donors (Lipinski definition) is 1. The highest BCUT2D eigenvalue weighted by Gasteiger charge is 1.90. The van der Waals surface area contributed by atoms with Crippen molar-refractivity contribution in [2.45, 2.75) is 13.0 Å². The van der Waals surface area contributed by atoms with Crippen LogP contribution in [0.1, 0.15) is 6.92 Å². The molecule has 0 amide bonds. The summed E-state index contributed by atoms with van der Waals surface area (Å²) in [4.78, 5) is 9.79. The minimum Gasteiger partial charge on any atom is -0.472 e. The lowest BCUT2D eigenvalue weighted by Gasteiger charge is -1.95. The molecule has 0 bridgehead atoms. The summed E-state index contributed by atoms with van der Waals surface area (Å²) in [5.74, 6) is 3.17. The molecule has 3 nitrogen and oxygen atoms in total. The van der Waals surface area contributed by atoms with Gasteiger partial charge in [0.05, 0.1) is 0 Å². The molecule has 0 saturated heterocycles. The number of hydrogen-bond acceptors (Lipinski definition) is 2. The molecule has 0 heterocycles. The smallest absolute Gasteiger partial charge is 0.381 e. The van der Waals surface area contributed by atoms with Crippen LogP contribution in [-0.4, -0.2) is 24.3 Å². The summed E-state index contributed by atoms with van der Waals surface area (Å²) in [6.07, 6.45) is -0.305. The lowest BCUT2D eigenvalue weighted by atomic mass is 10.4. The SMILES string of the molecule is CO[C@H](C)C#CC(=O)O. The van der Waals surface area contributed by atoms with Gasteiger partial charge in [-0.05, 0) is 6.92 Å². The highest BCUT2D eigenvalue weighted by molar-refractivity contribution is 5.86. The van der Waals surface area contributed by atoms with Crippen molar-refractivity contribution in [3.05, 3.63) is 0 Å². The maximum absolute atomic E-state index is 9.79. The molecule has 3 heteroatoms. The lowest BCUT2D eigenvalue weighted by Crippen LogP contribution is -2.01. The zero-order chi connectivity index (χ0) is 7.28. The van der Waals surface area contributed by atoms with Gasteiger partial charge in [-0.25, -0.2) is 4.79 Å². The number of aliphatic carboxylic acids is 1. The molecule has 0 aliphatic rings. The van der Waals surface area contributed by atoms with Crippen molar-refractivity contribution < 1.29 is 14.6 Å². The number of carboxylic acid groups (broad SMARTS) is 1. The van der Waals surface area contributed by atoms with Crippen molar-refractivity contribution in [1.82, 2.24) is 0 Å². The van der Waals surface area contributed by atoms with Crippen molar-refractivity contribution in [2.75, 3.05) is 7.11 Å². The van der Waals surface area contributed by atoms with Crippen LogP contribution in [0, 0.1) is 11.8 Å². The number of carbonyl (C=O) groups is 1. The first kappa shape index (κ1) is 7.99. The Hall–Kier alpha value is -1.01. The summed E-state index contributed by atoms with van der Waals surface area (Å²) < 4.78 is 4.66. The zero-order valence-electron chi connectivity index (χ0n) is 5.34. The number of methoxy groups -OCH3 is 1. The van der Waals surface area contributed by atoms with Gasteiger partial charge in [-0.1, -0.05) is 5.92 Å². The van der Waals surface area contributed by atoms with E-state index in [4.69, 9.17) is 5.11 Å². The van der Waals surface area contributed by atoms with E-state index >= 15 is 0 Å². The van der Waals surface area contributed by atoms with Gasteiger partial charge in [0.15, 0.2) is 0 Å². The molecule has 9 heavy (non-hydrogen) atoms.